The standard InChI is InChI=1S/C18H21N5O2S/c24-16(14-10-19-7-8-20-14)22-18-21-13-6-9-23(11-15(13)26-18)17(25)12-4-2-1-3-5-12/h7-8,10,12H,1-6,9,11H2,(H,21,22,24). The van der Waals surface area contributed by atoms with Crippen LogP contribution in [0.4, 0.5) is 5.13 Å². The van der Waals surface area contributed by atoms with Crippen LogP contribution < -0.4 is 5.32 Å². The third kappa shape index (κ3) is 3.60. The second-order valence-electron chi connectivity index (χ2n) is 6.78. The summed E-state index contributed by atoms with van der Waals surface area (Å²) in [5.74, 6) is 0.155. The van der Waals surface area contributed by atoms with Gasteiger partial charge in [0.25, 0.3) is 5.91 Å². The average Bonchev–Trinajstić information content (AvgIpc) is 3.10. The van der Waals surface area contributed by atoms with Crippen molar-refractivity contribution >= 4 is 28.3 Å². The predicted molar refractivity (Wildman–Crippen MR) is 97.8 cm³/mol. The predicted octanol–water partition coefficient (Wildman–Crippen LogP) is 2.65. The Hall–Kier alpha value is -2.35. The summed E-state index contributed by atoms with van der Waals surface area (Å²) in [5.41, 5.74) is 1.24. The minimum atomic E-state index is -0.320. The zero-order chi connectivity index (χ0) is 17.9. The number of anilines is 1. The fourth-order valence-corrected chi connectivity index (χ4v) is 4.64. The van der Waals surface area contributed by atoms with Crippen LogP contribution in [-0.2, 0) is 17.8 Å². The monoisotopic (exact) mass is 371 g/mol. The zero-order valence-corrected chi connectivity index (χ0v) is 15.3. The minimum absolute atomic E-state index is 0.189. The molecular formula is C18H21N5O2S. The Balaban J connectivity index is 1.42. The molecule has 2 aromatic rings. The van der Waals surface area contributed by atoms with Gasteiger partial charge in [0.05, 0.1) is 18.4 Å². The van der Waals surface area contributed by atoms with Gasteiger partial charge < -0.3 is 4.90 Å². The molecular weight excluding hydrogens is 350 g/mol. The topological polar surface area (TPSA) is 88.1 Å². The molecule has 0 atom stereocenters. The lowest BCUT2D eigenvalue weighted by molar-refractivity contribution is -0.137. The highest BCUT2D eigenvalue weighted by molar-refractivity contribution is 7.15. The van der Waals surface area contributed by atoms with E-state index >= 15 is 0 Å². The van der Waals surface area contributed by atoms with Crippen LogP contribution in [0.2, 0.25) is 0 Å². The van der Waals surface area contributed by atoms with Crippen LogP contribution in [0.15, 0.2) is 18.6 Å². The smallest absolute Gasteiger partial charge is 0.277 e. The molecule has 2 aromatic heterocycles. The van der Waals surface area contributed by atoms with Gasteiger partial charge in [0.15, 0.2) is 5.13 Å². The van der Waals surface area contributed by atoms with Gasteiger partial charge in [-0.15, -0.1) is 0 Å². The minimum Gasteiger partial charge on any atom is -0.337 e. The molecule has 2 aliphatic rings. The molecule has 8 heteroatoms. The fourth-order valence-electron chi connectivity index (χ4n) is 3.62. The number of amides is 2. The van der Waals surface area contributed by atoms with Crippen molar-refractivity contribution in [3.8, 4) is 0 Å². The van der Waals surface area contributed by atoms with E-state index in [1.807, 2.05) is 4.90 Å². The molecule has 3 heterocycles. The summed E-state index contributed by atoms with van der Waals surface area (Å²) in [6, 6.07) is 0. The molecule has 1 aliphatic carbocycles. The second-order valence-corrected chi connectivity index (χ2v) is 7.86. The summed E-state index contributed by atoms with van der Waals surface area (Å²) >= 11 is 1.44. The van der Waals surface area contributed by atoms with E-state index in [2.05, 4.69) is 20.3 Å². The molecule has 7 nitrogen and oxygen atoms in total. The van der Waals surface area contributed by atoms with E-state index in [0.29, 0.717) is 18.2 Å². The third-order valence-electron chi connectivity index (χ3n) is 5.01. The first kappa shape index (κ1) is 17.1. The summed E-state index contributed by atoms with van der Waals surface area (Å²) in [5, 5.41) is 3.34. The number of rotatable bonds is 3. The van der Waals surface area contributed by atoms with Crippen molar-refractivity contribution < 1.29 is 9.59 Å². The van der Waals surface area contributed by atoms with Crippen LogP contribution >= 0.6 is 11.3 Å². The summed E-state index contributed by atoms with van der Waals surface area (Å²) in [4.78, 5) is 40.4. The quantitative estimate of drug-likeness (QED) is 0.896. The molecule has 0 saturated heterocycles. The number of thiazole rings is 1. The third-order valence-corrected chi connectivity index (χ3v) is 6.01. The van der Waals surface area contributed by atoms with Gasteiger partial charge in [0.1, 0.15) is 5.69 Å². The molecule has 4 rings (SSSR count). The SMILES string of the molecule is O=C(Nc1nc2c(s1)CN(C(=O)C1CCCCC1)CC2)c1cnccn1. The maximum absolute atomic E-state index is 12.8. The maximum Gasteiger partial charge on any atom is 0.277 e. The van der Waals surface area contributed by atoms with Gasteiger partial charge in [0.2, 0.25) is 5.91 Å². The van der Waals surface area contributed by atoms with Crippen molar-refractivity contribution in [1.82, 2.24) is 19.9 Å². The van der Waals surface area contributed by atoms with Crippen LogP contribution in [0, 0.1) is 5.92 Å². The van der Waals surface area contributed by atoms with E-state index in [9.17, 15) is 9.59 Å². The number of aromatic nitrogens is 3. The van der Waals surface area contributed by atoms with Crippen LogP contribution in [0.1, 0.15) is 53.2 Å². The number of hydrogen-bond donors (Lipinski definition) is 1. The van der Waals surface area contributed by atoms with E-state index in [0.717, 1.165) is 42.7 Å². The molecule has 0 aromatic carbocycles. The summed E-state index contributed by atoms with van der Waals surface area (Å²) in [6.45, 7) is 1.31. The highest BCUT2D eigenvalue weighted by Gasteiger charge is 2.30. The summed E-state index contributed by atoms with van der Waals surface area (Å²) < 4.78 is 0. The molecule has 1 aliphatic heterocycles. The first-order valence-corrected chi connectivity index (χ1v) is 9.87. The summed E-state index contributed by atoms with van der Waals surface area (Å²) in [6.07, 6.45) is 10.8. The van der Waals surface area contributed by atoms with E-state index in [4.69, 9.17) is 0 Å². The molecule has 1 fully saturated rings. The van der Waals surface area contributed by atoms with Crippen molar-refractivity contribution in [2.24, 2.45) is 5.92 Å². The Bertz CT molecular complexity index is 801. The molecule has 136 valence electrons. The fraction of sp³-hybridized carbons (Fsp3) is 0.500. The van der Waals surface area contributed by atoms with Gasteiger partial charge in [-0.1, -0.05) is 30.6 Å². The lowest BCUT2D eigenvalue weighted by Gasteiger charge is -2.31. The van der Waals surface area contributed by atoms with Gasteiger partial charge in [-0.3, -0.25) is 19.9 Å². The number of nitrogens with one attached hydrogen (secondary N) is 1. The van der Waals surface area contributed by atoms with E-state index in [-0.39, 0.29) is 23.4 Å². The van der Waals surface area contributed by atoms with Gasteiger partial charge >= 0.3 is 0 Å². The van der Waals surface area contributed by atoms with Gasteiger partial charge in [-0.05, 0) is 12.8 Å². The molecule has 0 radical (unpaired) electrons. The average molecular weight is 371 g/mol. The maximum atomic E-state index is 12.8. The van der Waals surface area contributed by atoms with Crippen LogP contribution in [-0.4, -0.2) is 38.2 Å². The molecule has 0 bridgehead atoms. The molecule has 0 spiro atoms. The Morgan fingerprint density at radius 3 is 2.81 bits per heavy atom. The van der Waals surface area contributed by atoms with E-state index < -0.39 is 0 Å². The zero-order valence-electron chi connectivity index (χ0n) is 14.5. The van der Waals surface area contributed by atoms with Crippen molar-refractivity contribution in [2.45, 2.75) is 45.1 Å². The Kier molecular flexibility index (Phi) is 4.92. The van der Waals surface area contributed by atoms with Crippen LogP contribution in [0.25, 0.3) is 0 Å². The number of carbonyl (C=O) groups excluding carboxylic acids is 2. The van der Waals surface area contributed by atoms with Gasteiger partial charge in [0, 0.05) is 36.2 Å². The van der Waals surface area contributed by atoms with Gasteiger partial charge in [-0.2, -0.15) is 0 Å². The van der Waals surface area contributed by atoms with Crippen molar-refractivity contribution in [3.63, 3.8) is 0 Å². The number of carbonyl (C=O) groups is 2. The number of fused-ring (bicyclic) bond motifs is 1. The largest absolute Gasteiger partial charge is 0.337 e. The first-order valence-electron chi connectivity index (χ1n) is 9.05. The Labute approximate surface area is 155 Å². The lowest BCUT2D eigenvalue weighted by atomic mass is 9.88. The van der Waals surface area contributed by atoms with E-state index in [1.54, 1.807) is 0 Å². The molecule has 26 heavy (non-hydrogen) atoms. The molecule has 0 unspecified atom stereocenters. The van der Waals surface area contributed by atoms with E-state index in [1.165, 1.54) is 36.3 Å². The van der Waals surface area contributed by atoms with Crippen molar-refractivity contribution in [2.75, 3.05) is 11.9 Å². The van der Waals surface area contributed by atoms with Crippen molar-refractivity contribution in [3.05, 3.63) is 34.9 Å². The van der Waals surface area contributed by atoms with Crippen molar-refractivity contribution in [1.29, 1.82) is 0 Å². The lowest BCUT2D eigenvalue weighted by Crippen LogP contribution is -2.40. The number of nitrogens with zero attached hydrogens (tertiary/aromatic N) is 4. The first-order chi connectivity index (χ1) is 12.7. The molecule has 2 amide bonds. The molecule has 1 N–H and O–H groups in total. The molecule has 1 saturated carbocycles. The highest BCUT2D eigenvalue weighted by atomic mass is 32.1. The Morgan fingerprint density at radius 1 is 1.19 bits per heavy atom. The van der Waals surface area contributed by atoms with Crippen LogP contribution in [0.3, 0.4) is 0 Å². The van der Waals surface area contributed by atoms with Gasteiger partial charge in [-0.25, -0.2) is 9.97 Å². The highest BCUT2D eigenvalue weighted by Crippen LogP contribution is 2.31. The summed E-state index contributed by atoms with van der Waals surface area (Å²) in [7, 11) is 0. The number of hydrogen-bond acceptors (Lipinski definition) is 6. The Morgan fingerprint density at radius 2 is 2.04 bits per heavy atom. The van der Waals surface area contributed by atoms with Crippen LogP contribution in [0.5, 0.6) is 0 Å². The second kappa shape index (κ2) is 7.49. The normalized spacial score (nSPS) is 17.6.